The van der Waals surface area contributed by atoms with Gasteiger partial charge in [-0.3, -0.25) is 13.9 Å². The molecule has 4 N–H and O–H groups in total. The molecule has 0 bridgehead atoms. The average molecular weight is 547 g/mol. The fraction of sp³-hybridized carbons (Fsp3) is 0.391. The Labute approximate surface area is 216 Å². The Morgan fingerprint density at radius 2 is 1.95 bits per heavy atom. The second-order valence-electron chi connectivity index (χ2n) is 8.82. The van der Waals surface area contributed by atoms with E-state index in [1.807, 2.05) is 0 Å². The van der Waals surface area contributed by atoms with Crippen molar-refractivity contribution in [2.24, 2.45) is 0 Å². The van der Waals surface area contributed by atoms with E-state index in [2.05, 4.69) is 15.1 Å². The molecule has 202 valence electrons. The van der Waals surface area contributed by atoms with E-state index in [0.29, 0.717) is 16.9 Å². The number of hydrogen-bond donors (Lipinski definition) is 3. The third-order valence-electron chi connectivity index (χ3n) is 6.18. The van der Waals surface area contributed by atoms with Gasteiger partial charge in [0.05, 0.1) is 24.2 Å². The van der Waals surface area contributed by atoms with Crippen molar-refractivity contribution in [3.8, 4) is 5.75 Å². The van der Waals surface area contributed by atoms with Gasteiger partial charge in [-0.2, -0.15) is 0 Å². The molecule has 0 aliphatic carbocycles. The lowest BCUT2D eigenvalue weighted by Gasteiger charge is -2.28. The number of hydrogen-bond acceptors (Lipinski definition) is 12. The number of aromatic nitrogens is 3. The smallest absolute Gasteiger partial charge is 0.424 e. The average Bonchev–Trinajstić information content (AvgIpc) is 3.57. The maximum atomic E-state index is 13.8. The second kappa shape index (κ2) is 10.3. The Hall–Kier alpha value is -3.55. The van der Waals surface area contributed by atoms with Gasteiger partial charge in [0.25, 0.3) is 0 Å². The molecule has 4 heterocycles. The van der Waals surface area contributed by atoms with Crippen LogP contribution in [0, 0.1) is 0 Å². The van der Waals surface area contributed by atoms with Gasteiger partial charge in [0.15, 0.2) is 29.9 Å². The molecule has 2 aliphatic heterocycles. The Kier molecular flexibility index (Phi) is 7.07. The van der Waals surface area contributed by atoms with E-state index in [4.69, 9.17) is 29.0 Å². The minimum absolute atomic E-state index is 0.214. The molecule has 38 heavy (non-hydrogen) atoms. The first kappa shape index (κ1) is 26.1. The van der Waals surface area contributed by atoms with Gasteiger partial charge in [-0.05, 0) is 32.0 Å². The number of rotatable bonds is 10. The second-order valence-corrected chi connectivity index (χ2v) is 10.5. The zero-order valence-electron chi connectivity index (χ0n) is 20.4. The van der Waals surface area contributed by atoms with E-state index in [1.165, 1.54) is 19.4 Å². The van der Waals surface area contributed by atoms with Gasteiger partial charge in [-0.15, -0.1) is 0 Å². The molecule has 7 atom stereocenters. The summed E-state index contributed by atoms with van der Waals surface area (Å²) in [7, 11) is -4.24. The third-order valence-corrected chi connectivity index (χ3v) is 7.95. The van der Waals surface area contributed by atoms with E-state index >= 15 is 0 Å². The Morgan fingerprint density at radius 3 is 2.68 bits per heavy atom. The van der Waals surface area contributed by atoms with Crippen LogP contribution in [-0.2, 0) is 28.1 Å². The summed E-state index contributed by atoms with van der Waals surface area (Å²) in [6.07, 6.45) is -2.62. The monoisotopic (exact) mass is 547 g/mol. The fourth-order valence-corrected chi connectivity index (χ4v) is 6.07. The van der Waals surface area contributed by atoms with Gasteiger partial charge in [-0.25, -0.2) is 24.4 Å². The molecule has 15 heteroatoms. The number of carbonyl (C=O) groups is 2. The van der Waals surface area contributed by atoms with Crippen molar-refractivity contribution in [2.45, 2.75) is 50.5 Å². The molecule has 0 saturated carbocycles. The van der Waals surface area contributed by atoms with Crippen LogP contribution in [0.1, 0.15) is 20.1 Å². The molecular formula is C23H26N5O9P. The minimum atomic E-state index is -4.24. The topological polar surface area (TPSA) is 186 Å². The summed E-state index contributed by atoms with van der Waals surface area (Å²) in [4.78, 5) is 32.7. The Balaban J connectivity index is 1.42. The highest BCUT2D eigenvalue weighted by atomic mass is 31.2. The molecule has 5 unspecified atom stereocenters. The first-order valence-electron chi connectivity index (χ1n) is 11.7. The van der Waals surface area contributed by atoms with Crippen molar-refractivity contribution in [1.82, 2.24) is 19.6 Å². The summed E-state index contributed by atoms with van der Waals surface area (Å²) >= 11 is 0. The van der Waals surface area contributed by atoms with Crippen LogP contribution in [0.5, 0.6) is 5.75 Å². The summed E-state index contributed by atoms with van der Waals surface area (Å²) in [5, 5.41) is 11.8. The normalized spacial score (nSPS) is 25.7. The van der Waals surface area contributed by atoms with Crippen LogP contribution in [-0.4, -0.2) is 68.6 Å². The van der Waals surface area contributed by atoms with Crippen LogP contribution in [0.15, 0.2) is 48.9 Å². The quantitative estimate of drug-likeness (QED) is 0.247. The molecule has 1 aromatic carbocycles. The highest BCUT2D eigenvalue weighted by Crippen LogP contribution is 2.49. The summed E-state index contributed by atoms with van der Waals surface area (Å²) in [5.41, 5.74) is 7.26. The van der Waals surface area contributed by atoms with Crippen LogP contribution in [0.4, 0.5) is 10.5 Å². The van der Waals surface area contributed by atoms with Gasteiger partial charge >= 0.3 is 13.9 Å². The number of nitrogen functional groups attached to an aromatic ring is 1. The number of anilines is 1. The van der Waals surface area contributed by atoms with Gasteiger partial charge in [0.1, 0.15) is 24.0 Å². The van der Waals surface area contributed by atoms with Crippen molar-refractivity contribution >= 4 is 36.5 Å². The standard InChI is InChI=1S/C23H26N5O9P/c1-12(16(30)10-29)27-38(32,37-14-6-4-3-5-7-14)36-13(2)18-19-20(35-23(31)34-19)22(33-18)28-11-26-17-15(24)8-9-25-21(17)28/h3-9,11-13,18-20,22,29H,10H2,1-2H3,(H2,24,25)(H,27,32)/t12?,13?,18-,19?,20?,22-,38?/m1/s1. The van der Waals surface area contributed by atoms with Crippen molar-refractivity contribution in [3.63, 3.8) is 0 Å². The minimum Gasteiger partial charge on any atom is -0.424 e. The number of para-hydroxylation sites is 1. The number of nitrogens with one attached hydrogen (secondary N) is 1. The van der Waals surface area contributed by atoms with Crippen molar-refractivity contribution in [1.29, 1.82) is 0 Å². The number of ether oxygens (including phenoxy) is 3. The number of nitrogens with zero attached hydrogens (tertiary/aromatic N) is 3. The lowest BCUT2D eigenvalue weighted by Crippen LogP contribution is -2.40. The largest absolute Gasteiger partial charge is 0.509 e. The molecule has 2 aromatic heterocycles. The summed E-state index contributed by atoms with van der Waals surface area (Å²) in [6.45, 7) is 2.21. The molecule has 0 amide bonds. The molecule has 14 nitrogen and oxygen atoms in total. The zero-order valence-corrected chi connectivity index (χ0v) is 21.3. The number of imidazole rings is 1. The number of aliphatic hydroxyl groups is 1. The van der Waals surface area contributed by atoms with E-state index < -0.39 is 63.0 Å². The lowest BCUT2D eigenvalue weighted by atomic mass is 10.1. The fourth-order valence-electron chi connectivity index (χ4n) is 4.34. The molecule has 2 fully saturated rings. The van der Waals surface area contributed by atoms with Gasteiger partial charge in [0.2, 0.25) is 0 Å². The van der Waals surface area contributed by atoms with Crippen molar-refractivity contribution in [3.05, 3.63) is 48.9 Å². The molecule has 3 aromatic rings. The first-order valence-corrected chi connectivity index (χ1v) is 13.3. The SMILES string of the molecule is CC(NP(=O)(Oc1ccccc1)OC(C)[C@H]1O[C@@H](n2cnc3c(N)ccnc32)C2OC(=O)OC21)C(=O)CO. The maximum absolute atomic E-state index is 13.8. The molecule has 2 saturated heterocycles. The van der Waals surface area contributed by atoms with Crippen LogP contribution in [0.3, 0.4) is 0 Å². The van der Waals surface area contributed by atoms with Gasteiger partial charge < -0.3 is 29.6 Å². The molecule has 0 radical (unpaired) electrons. The molecule has 2 aliphatic rings. The highest BCUT2D eigenvalue weighted by molar-refractivity contribution is 7.52. The van der Waals surface area contributed by atoms with Crippen LogP contribution < -0.4 is 15.3 Å². The Bertz CT molecular complexity index is 1390. The van der Waals surface area contributed by atoms with E-state index in [0.717, 1.165) is 0 Å². The summed E-state index contributed by atoms with van der Waals surface area (Å²) < 4.78 is 43.9. The predicted octanol–water partition coefficient (Wildman–Crippen LogP) is 1.95. The molecule has 0 spiro atoms. The van der Waals surface area contributed by atoms with Crippen LogP contribution in [0.2, 0.25) is 0 Å². The third kappa shape index (κ3) is 4.96. The lowest BCUT2D eigenvalue weighted by molar-refractivity contribution is -0.123. The Morgan fingerprint density at radius 1 is 1.21 bits per heavy atom. The number of Topliss-reactive ketones (excluding diaryl/α,β-unsaturated/α-hetero) is 1. The van der Waals surface area contributed by atoms with Crippen LogP contribution >= 0.6 is 7.75 Å². The van der Waals surface area contributed by atoms with Gasteiger partial charge in [-0.1, -0.05) is 18.2 Å². The highest BCUT2D eigenvalue weighted by Gasteiger charge is 2.58. The van der Waals surface area contributed by atoms with Crippen molar-refractivity contribution in [2.75, 3.05) is 12.3 Å². The number of nitrogens with two attached hydrogens (primary N) is 1. The predicted molar refractivity (Wildman–Crippen MR) is 131 cm³/mol. The number of aliphatic hydroxyl groups excluding tert-OH is 1. The summed E-state index contributed by atoms with van der Waals surface area (Å²) in [5.74, 6) is -0.404. The summed E-state index contributed by atoms with van der Waals surface area (Å²) in [6, 6.07) is 8.76. The zero-order chi connectivity index (χ0) is 27.0. The number of carbonyl (C=O) groups excluding carboxylic acids is 2. The molecule has 5 rings (SSSR count). The van der Waals surface area contributed by atoms with E-state index in [-0.39, 0.29) is 5.75 Å². The van der Waals surface area contributed by atoms with E-state index in [1.54, 1.807) is 47.9 Å². The van der Waals surface area contributed by atoms with Crippen molar-refractivity contribution < 1.29 is 42.5 Å². The maximum Gasteiger partial charge on any atom is 0.509 e. The van der Waals surface area contributed by atoms with Crippen LogP contribution in [0.25, 0.3) is 11.2 Å². The van der Waals surface area contributed by atoms with Gasteiger partial charge in [0, 0.05) is 6.20 Å². The first-order chi connectivity index (χ1) is 18.2. The number of pyridine rings is 1. The van der Waals surface area contributed by atoms with E-state index in [9.17, 15) is 19.3 Å². The number of ketones is 1. The number of benzene rings is 1. The molecular weight excluding hydrogens is 521 g/mol. The number of fused-ring (bicyclic) bond motifs is 2.